The summed E-state index contributed by atoms with van der Waals surface area (Å²) >= 11 is 3.86. The van der Waals surface area contributed by atoms with Gasteiger partial charge in [-0.05, 0) is 32.9 Å². The number of carbonyl (C=O) groups is 2. The molecule has 0 fully saturated rings. The number of rotatable bonds is 5. The van der Waals surface area contributed by atoms with Gasteiger partial charge in [-0.15, -0.1) is 0 Å². The fourth-order valence-corrected chi connectivity index (χ4v) is 1.56. The third-order valence-corrected chi connectivity index (χ3v) is 2.99. The fourth-order valence-electron chi connectivity index (χ4n) is 1.31. The van der Waals surface area contributed by atoms with E-state index in [0.717, 1.165) is 5.06 Å². The Labute approximate surface area is 128 Å². The van der Waals surface area contributed by atoms with Crippen LogP contribution in [0.4, 0.5) is 0 Å². The second-order valence-electron chi connectivity index (χ2n) is 5.45. The third-order valence-electron chi connectivity index (χ3n) is 2.62. The van der Waals surface area contributed by atoms with E-state index in [1.165, 1.54) is 12.3 Å². The van der Waals surface area contributed by atoms with Crippen LogP contribution in [0.2, 0.25) is 0 Å². The number of allylic oxidation sites excluding steroid dienone is 1. The molecular weight excluding hydrogens is 294 g/mol. The Hall–Kier alpha value is -1.80. The number of carboxylic acids is 1. The number of aliphatic carboxylic acids is 1. The number of nitrogens with zero attached hydrogens (tertiary/aromatic N) is 2. The Morgan fingerprint density at radius 3 is 2.57 bits per heavy atom. The van der Waals surface area contributed by atoms with Crippen molar-refractivity contribution >= 4 is 30.2 Å². The highest BCUT2D eigenvalue weighted by Gasteiger charge is 2.22. The molecule has 0 aliphatic carbocycles. The molecule has 0 aromatic rings. The molecule has 7 nitrogen and oxygen atoms in total. The second kappa shape index (κ2) is 6.77. The number of thiol groups is 1. The van der Waals surface area contributed by atoms with Gasteiger partial charge >= 0.3 is 5.97 Å². The first-order valence-electron chi connectivity index (χ1n) is 6.26. The molecule has 0 radical (unpaired) electrons. The second-order valence-corrected chi connectivity index (χ2v) is 5.81. The van der Waals surface area contributed by atoms with Crippen LogP contribution in [0, 0.1) is 0 Å². The van der Waals surface area contributed by atoms with Gasteiger partial charge in [0.15, 0.2) is 0 Å². The summed E-state index contributed by atoms with van der Waals surface area (Å²) in [5.74, 6) is -1.78. The summed E-state index contributed by atoms with van der Waals surface area (Å²) < 4.78 is 0. The Balaban J connectivity index is 2.77. The molecule has 3 N–H and O–H groups in total. The lowest BCUT2D eigenvalue weighted by molar-refractivity contribution is -0.140. The number of carboxylic acid groups (broad SMARTS) is 1. The minimum absolute atomic E-state index is 0.0186. The van der Waals surface area contributed by atoms with Crippen LogP contribution >= 0.6 is 12.6 Å². The predicted molar refractivity (Wildman–Crippen MR) is 81.5 cm³/mol. The molecule has 0 bridgehead atoms. The fraction of sp³-hybridized carbons (Fsp3) is 0.462. The SMILES string of the molecule is CC(C)(C)N(O)/C=C1/C=CC(C(=O)NC(CS)C(=O)O)=N1. The number of nitrogens with one attached hydrogen (secondary N) is 1. The van der Waals surface area contributed by atoms with E-state index >= 15 is 0 Å². The molecule has 0 saturated heterocycles. The zero-order chi connectivity index (χ0) is 16.2. The average Bonchev–Trinajstić information content (AvgIpc) is 2.82. The van der Waals surface area contributed by atoms with Crippen LogP contribution in [0.25, 0.3) is 0 Å². The summed E-state index contributed by atoms with van der Waals surface area (Å²) in [6.07, 6.45) is 4.40. The van der Waals surface area contributed by atoms with Crippen molar-refractivity contribution in [2.24, 2.45) is 4.99 Å². The lowest BCUT2D eigenvalue weighted by atomic mass is 10.1. The molecule has 0 aromatic heterocycles. The molecule has 116 valence electrons. The predicted octanol–water partition coefficient (Wildman–Crippen LogP) is 0.827. The molecule has 1 amide bonds. The van der Waals surface area contributed by atoms with Gasteiger partial charge in [0.05, 0.1) is 17.4 Å². The quantitative estimate of drug-likeness (QED) is 0.445. The van der Waals surface area contributed by atoms with Gasteiger partial charge < -0.3 is 10.4 Å². The van der Waals surface area contributed by atoms with Gasteiger partial charge in [0.1, 0.15) is 11.8 Å². The molecule has 1 atom stereocenters. The van der Waals surface area contributed by atoms with Crippen molar-refractivity contribution in [3.63, 3.8) is 0 Å². The molecule has 1 aliphatic rings. The lowest BCUT2D eigenvalue weighted by Gasteiger charge is -2.28. The molecule has 1 aliphatic heterocycles. The molecule has 1 rings (SSSR count). The van der Waals surface area contributed by atoms with Crippen molar-refractivity contribution < 1.29 is 19.9 Å². The maximum absolute atomic E-state index is 11.9. The van der Waals surface area contributed by atoms with E-state index in [1.54, 1.807) is 6.08 Å². The van der Waals surface area contributed by atoms with Crippen LogP contribution < -0.4 is 5.32 Å². The summed E-state index contributed by atoms with van der Waals surface area (Å²) in [4.78, 5) is 26.7. The highest BCUT2D eigenvalue weighted by atomic mass is 32.1. The Morgan fingerprint density at radius 2 is 2.10 bits per heavy atom. The van der Waals surface area contributed by atoms with E-state index < -0.39 is 23.5 Å². The van der Waals surface area contributed by atoms with Gasteiger partial charge in [-0.3, -0.25) is 15.1 Å². The van der Waals surface area contributed by atoms with Crippen LogP contribution in [0.3, 0.4) is 0 Å². The van der Waals surface area contributed by atoms with Crippen molar-refractivity contribution in [3.05, 3.63) is 24.0 Å². The molecule has 0 aromatic carbocycles. The maximum Gasteiger partial charge on any atom is 0.327 e. The summed E-state index contributed by atoms with van der Waals surface area (Å²) in [5, 5.41) is 21.9. The van der Waals surface area contributed by atoms with Gasteiger partial charge in [-0.1, -0.05) is 0 Å². The minimum atomic E-state index is -1.16. The smallest absolute Gasteiger partial charge is 0.327 e. The minimum Gasteiger partial charge on any atom is -0.480 e. The van der Waals surface area contributed by atoms with Crippen LogP contribution in [-0.4, -0.2) is 50.3 Å². The normalized spacial score (nSPS) is 17.6. The third kappa shape index (κ3) is 4.91. The van der Waals surface area contributed by atoms with Crippen LogP contribution in [0.1, 0.15) is 20.8 Å². The summed E-state index contributed by atoms with van der Waals surface area (Å²) in [6.45, 7) is 5.43. The van der Waals surface area contributed by atoms with Crippen molar-refractivity contribution in [2.75, 3.05) is 5.75 Å². The molecular formula is C13H19N3O4S. The summed E-state index contributed by atoms with van der Waals surface area (Å²) in [5.41, 5.74) is -0.0196. The number of carbonyl (C=O) groups excluding carboxylic acids is 1. The highest BCUT2D eigenvalue weighted by Crippen LogP contribution is 2.16. The highest BCUT2D eigenvalue weighted by molar-refractivity contribution is 7.80. The van der Waals surface area contributed by atoms with Gasteiger partial charge in [-0.25, -0.2) is 9.79 Å². The largest absolute Gasteiger partial charge is 0.480 e. The van der Waals surface area contributed by atoms with Crippen LogP contribution in [-0.2, 0) is 9.59 Å². The standard InChI is InChI=1S/C13H19N3O4S/c1-13(2,3)16(20)6-8-4-5-9(14-8)11(17)15-10(7-21)12(18)19/h4-6,10,20-21H,7H2,1-3H3,(H,15,17)(H,18,19)/b8-6-. The molecule has 0 spiro atoms. The number of hydrogen-bond acceptors (Lipinski definition) is 6. The first-order chi connectivity index (χ1) is 9.65. The number of hydroxylamine groups is 2. The molecule has 21 heavy (non-hydrogen) atoms. The van der Waals surface area contributed by atoms with Gasteiger partial charge in [0.25, 0.3) is 5.91 Å². The lowest BCUT2D eigenvalue weighted by Crippen LogP contribution is -2.44. The average molecular weight is 313 g/mol. The number of hydrogen-bond donors (Lipinski definition) is 4. The molecule has 8 heteroatoms. The Morgan fingerprint density at radius 1 is 1.48 bits per heavy atom. The van der Waals surface area contributed by atoms with E-state index in [4.69, 9.17) is 5.11 Å². The Bertz CT molecular complexity index is 520. The van der Waals surface area contributed by atoms with Crippen molar-refractivity contribution in [2.45, 2.75) is 32.4 Å². The van der Waals surface area contributed by atoms with Crippen molar-refractivity contribution in [1.29, 1.82) is 0 Å². The number of aliphatic imine (C=N–C) groups is 1. The maximum atomic E-state index is 11.9. The zero-order valence-electron chi connectivity index (χ0n) is 12.1. The topological polar surface area (TPSA) is 102 Å². The number of amides is 1. The van der Waals surface area contributed by atoms with Crippen LogP contribution in [0.5, 0.6) is 0 Å². The van der Waals surface area contributed by atoms with E-state index in [2.05, 4.69) is 22.9 Å². The zero-order valence-corrected chi connectivity index (χ0v) is 13.0. The van der Waals surface area contributed by atoms with E-state index in [9.17, 15) is 14.8 Å². The molecule has 1 unspecified atom stereocenters. The molecule has 1 heterocycles. The van der Waals surface area contributed by atoms with Gasteiger partial charge in [0, 0.05) is 5.75 Å². The summed E-state index contributed by atoms with van der Waals surface area (Å²) in [7, 11) is 0. The van der Waals surface area contributed by atoms with Crippen LogP contribution in [0.15, 0.2) is 29.0 Å². The van der Waals surface area contributed by atoms with Crippen molar-refractivity contribution in [1.82, 2.24) is 10.4 Å². The summed E-state index contributed by atoms with van der Waals surface area (Å²) in [6, 6.07) is -1.08. The van der Waals surface area contributed by atoms with E-state index in [-0.39, 0.29) is 11.5 Å². The first kappa shape index (κ1) is 17.3. The monoisotopic (exact) mass is 313 g/mol. The Kier molecular flexibility index (Phi) is 5.56. The first-order valence-corrected chi connectivity index (χ1v) is 6.89. The molecule has 0 saturated carbocycles. The van der Waals surface area contributed by atoms with Gasteiger partial charge in [-0.2, -0.15) is 12.6 Å². The van der Waals surface area contributed by atoms with E-state index in [1.807, 2.05) is 20.8 Å². The van der Waals surface area contributed by atoms with Gasteiger partial charge in [0.2, 0.25) is 0 Å². The van der Waals surface area contributed by atoms with E-state index in [0.29, 0.717) is 5.70 Å². The van der Waals surface area contributed by atoms with Crippen molar-refractivity contribution in [3.8, 4) is 0 Å².